The van der Waals surface area contributed by atoms with E-state index in [0.29, 0.717) is 17.3 Å². The lowest BCUT2D eigenvalue weighted by Gasteiger charge is -2.13. The second-order valence-electron chi connectivity index (χ2n) is 4.89. The smallest absolute Gasteiger partial charge is 0.260 e. The number of anilines is 2. The maximum Gasteiger partial charge on any atom is 0.260 e. The van der Waals surface area contributed by atoms with Crippen molar-refractivity contribution in [3.8, 4) is 5.75 Å². The van der Waals surface area contributed by atoms with Crippen LogP contribution in [0.3, 0.4) is 0 Å². The summed E-state index contributed by atoms with van der Waals surface area (Å²) in [7, 11) is 1.43. The van der Waals surface area contributed by atoms with Crippen LogP contribution in [0.4, 0.5) is 11.5 Å². The van der Waals surface area contributed by atoms with Crippen LogP contribution in [0.5, 0.6) is 5.75 Å². The van der Waals surface area contributed by atoms with Crippen LogP contribution in [0, 0.1) is 6.92 Å². The molecule has 2 N–H and O–H groups in total. The Bertz CT molecular complexity index is 762. The maximum atomic E-state index is 12.4. The number of nitrogens with one attached hydrogen (secondary N) is 2. The molecule has 7 heteroatoms. The Balaban J connectivity index is 2.32. The average Bonchev–Trinajstić information content (AvgIpc) is 2.48. The van der Waals surface area contributed by atoms with E-state index in [0.717, 1.165) is 5.56 Å². The Kier molecular flexibility index (Phi) is 5.18. The summed E-state index contributed by atoms with van der Waals surface area (Å²) in [5.41, 5.74) is 1.59. The lowest BCUT2D eigenvalue weighted by Crippen LogP contribution is -2.15. The first-order chi connectivity index (χ1) is 10.9. The minimum Gasteiger partial charge on any atom is -0.496 e. The summed E-state index contributed by atoms with van der Waals surface area (Å²) in [6.45, 7) is 3.27. The highest BCUT2D eigenvalue weighted by Gasteiger charge is 2.17. The van der Waals surface area contributed by atoms with Crippen molar-refractivity contribution in [2.24, 2.45) is 0 Å². The largest absolute Gasteiger partial charge is 0.496 e. The van der Waals surface area contributed by atoms with Gasteiger partial charge in [-0.25, -0.2) is 4.98 Å². The molecule has 23 heavy (non-hydrogen) atoms. The van der Waals surface area contributed by atoms with Crippen molar-refractivity contribution in [3.63, 3.8) is 0 Å². The van der Waals surface area contributed by atoms with Gasteiger partial charge in [0.1, 0.15) is 11.6 Å². The molecule has 0 unspecified atom stereocenters. The lowest BCUT2D eigenvalue weighted by atomic mass is 10.1. The second-order valence-corrected chi connectivity index (χ2v) is 5.29. The number of pyridine rings is 1. The lowest BCUT2D eigenvalue weighted by molar-refractivity contribution is -0.114. The van der Waals surface area contributed by atoms with E-state index in [4.69, 9.17) is 16.3 Å². The zero-order valence-electron chi connectivity index (χ0n) is 12.9. The fourth-order valence-corrected chi connectivity index (χ4v) is 2.18. The Morgan fingerprint density at radius 3 is 2.57 bits per heavy atom. The Morgan fingerprint density at radius 1 is 1.22 bits per heavy atom. The number of hydrogen-bond donors (Lipinski definition) is 2. The number of methoxy groups -OCH3 is 1. The average molecular weight is 334 g/mol. The third-order valence-corrected chi connectivity index (χ3v) is 3.31. The third-order valence-electron chi connectivity index (χ3n) is 3.00. The highest BCUT2D eigenvalue weighted by Crippen LogP contribution is 2.31. The van der Waals surface area contributed by atoms with Crippen molar-refractivity contribution >= 4 is 34.9 Å². The number of hydrogen-bond acceptors (Lipinski definition) is 4. The summed E-state index contributed by atoms with van der Waals surface area (Å²) in [4.78, 5) is 27.6. The van der Waals surface area contributed by atoms with Gasteiger partial charge in [-0.1, -0.05) is 11.6 Å². The minimum absolute atomic E-state index is 0.239. The highest BCUT2D eigenvalue weighted by atomic mass is 35.5. The number of rotatable bonds is 4. The number of nitrogens with zero attached hydrogens (tertiary/aromatic N) is 1. The van der Waals surface area contributed by atoms with Crippen LogP contribution < -0.4 is 15.4 Å². The van der Waals surface area contributed by atoms with Crippen molar-refractivity contribution in [1.29, 1.82) is 0 Å². The number of halogens is 1. The molecular formula is C16H16ClN3O3. The minimum atomic E-state index is -0.406. The molecule has 0 atom stereocenters. The van der Waals surface area contributed by atoms with E-state index in [1.165, 1.54) is 26.2 Å². The van der Waals surface area contributed by atoms with Crippen molar-refractivity contribution < 1.29 is 14.3 Å². The van der Waals surface area contributed by atoms with Crippen LogP contribution in [0.1, 0.15) is 22.8 Å². The zero-order valence-corrected chi connectivity index (χ0v) is 13.7. The van der Waals surface area contributed by atoms with E-state index >= 15 is 0 Å². The molecule has 0 bridgehead atoms. The van der Waals surface area contributed by atoms with Gasteiger partial charge in [0.15, 0.2) is 0 Å². The van der Waals surface area contributed by atoms with E-state index in [2.05, 4.69) is 15.6 Å². The van der Waals surface area contributed by atoms with E-state index in [1.54, 1.807) is 12.3 Å². The molecule has 0 aliphatic heterocycles. The van der Waals surface area contributed by atoms with Gasteiger partial charge in [0, 0.05) is 19.2 Å². The highest BCUT2D eigenvalue weighted by molar-refractivity contribution is 6.34. The van der Waals surface area contributed by atoms with E-state index in [9.17, 15) is 9.59 Å². The van der Waals surface area contributed by atoms with Gasteiger partial charge < -0.3 is 15.4 Å². The molecule has 0 saturated carbocycles. The van der Waals surface area contributed by atoms with Crippen LogP contribution in [0.2, 0.25) is 5.02 Å². The van der Waals surface area contributed by atoms with Crippen molar-refractivity contribution in [1.82, 2.24) is 4.98 Å². The summed E-state index contributed by atoms with van der Waals surface area (Å²) in [5, 5.41) is 5.50. The summed E-state index contributed by atoms with van der Waals surface area (Å²) in [6, 6.07) is 6.52. The van der Waals surface area contributed by atoms with Crippen molar-refractivity contribution in [3.05, 3.63) is 46.6 Å². The van der Waals surface area contributed by atoms with Crippen LogP contribution in [-0.4, -0.2) is 23.9 Å². The summed E-state index contributed by atoms with van der Waals surface area (Å²) < 4.78 is 5.21. The molecule has 0 spiro atoms. The predicted octanol–water partition coefficient (Wildman–Crippen LogP) is 3.26. The number of carbonyl (C=O) groups excluding carboxylic acids is 2. The fraction of sp³-hybridized carbons (Fsp3) is 0.188. The molecule has 1 heterocycles. The molecule has 1 aromatic carbocycles. The van der Waals surface area contributed by atoms with Gasteiger partial charge >= 0.3 is 0 Å². The number of aryl methyl sites for hydroxylation is 1. The second kappa shape index (κ2) is 7.11. The molecule has 0 fully saturated rings. The molecule has 0 aliphatic rings. The topological polar surface area (TPSA) is 80.3 Å². The number of aromatic nitrogens is 1. The first-order valence-electron chi connectivity index (χ1n) is 6.80. The molecule has 6 nitrogen and oxygen atoms in total. The standard InChI is InChI=1S/C16H16ClN3O3/c1-9-4-5-18-15(6-9)20-16(22)11-7-12(17)13(19-10(2)21)8-14(11)23-3/h4-8H,1-3H3,(H,19,21)(H,18,20,22). The van der Waals surface area contributed by atoms with Crippen molar-refractivity contribution in [2.45, 2.75) is 13.8 Å². The quantitative estimate of drug-likeness (QED) is 0.900. The molecule has 0 saturated heterocycles. The molecule has 0 radical (unpaired) electrons. The first kappa shape index (κ1) is 16.8. The number of ether oxygens (including phenoxy) is 1. The summed E-state index contributed by atoms with van der Waals surface area (Å²) in [5.74, 6) is 0.0498. The predicted molar refractivity (Wildman–Crippen MR) is 89.2 cm³/mol. The molecule has 2 aromatic rings. The van der Waals surface area contributed by atoms with E-state index in [-0.39, 0.29) is 16.5 Å². The number of amides is 2. The van der Waals surface area contributed by atoms with Crippen molar-refractivity contribution in [2.75, 3.05) is 17.7 Å². The van der Waals surface area contributed by atoms with Gasteiger partial charge in [0.25, 0.3) is 5.91 Å². The maximum absolute atomic E-state index is 12.4. The summed E-state index contributed by atoms with van der Waals surface area (Å²) >= 11 is 6.11. The summed E-state index contributed by atoms with van der Waals surface area (Å²) in [6.07, 6.45) is 1.61. The normalized spacial score (nSPS) is 10.1. The molecule has 0 aliphatic carbocycles. The molecule has 2 rings (SSSR count). The Morgan fingerprint density at radius 2 is 1.96 bits per heavy atom. The van der Waals surface area contributed by atoms with Crippen LogP contribution >= 0.6 is 11.6 Å². The van der Waals surface area contributed by atoms with Crippen LogP contribution in [0.25, 0.3) is 0 Å². The fourth-order valence-electron chi connectivity index (χ4n) is 1.97. The molecule has 120 valence electrons. The van der Waals surface area contributed by atoms with E-state index < -0.39 is 5.91 Å². The first-order valence-corrected chi connectivity index (χ1v) is 7.17. The third kappa shape index (κ3) is 4.20. The molecule has 1 aromatic heterocycles. The monoisotopic (exact) mass is 333 g/mol. The molecule has 2 amide bonds. The molecular weight excluding hydrogens is 318 g/mol. The number of benzene rings is 1. The van der Waals surface area contributed by atoms with Gasteiger partial charge in [-0.05, 0) is 30.7 Å². The Labute approximate surface area is 138 Å². The van der Waals surface area contributed by atoms with Gasteiger partial charge in [-0.3, -0.25) is 9.59 Å². The van der Waals surface area contributed by atoms with Gasteiger partial charge in [0.05, 0.1) is 23.4 Å². The van der Waals surface area contributed by atoms with Crippen LogP contribution in [0.15, 0.2) is 30.5 Å². The van der Waals surface area contributed by atoms with Gasteiger partial charge in [0.2, 0.25) is 5.91 Å². The SMILES string of the molecule is COc1cc(NC(C)=O)c(Cl)cc1C(=O)Nc1cc(C)ccn1. The number of carbonyl (C=O) groups is 2. The zero-order chi connectivity index (χ0) is 17.0. The van der Waals surface area contributed by atoms with Gasteiger partial charge in [-0.15, -0.1) is 0 Å². The Hall–Kier alpha value is -2.60. The van der Waals surface area contributed by atoms with E-state index in [1.807, 2.05) is 13.0 Å². The van der Waals surface area contributed by atoms with Crippen LogP contribution in [-0.2, 0) is 4.79 Å². The van der Waals surface area contributed by atoms with Gasteiger partial charge in [-0.2, -0.15) is 0 Å².